The molecule has 1 spiro atoms. The second-order valence-electron chi connectivity index (χ2n) is 9.47. The molecule has 1 N–H and O–H groups in total. The standard InChI is InChI=1S/C25H31FN2O4S/c1-17(15-32-2)24(29)28-16-25(12-13-25)23(27-33(3,30)31)21(28)14-19-10-7-11-20(22(19)26)18-8-5-4-6-9-18/h4-11,17,21,23,27H,12-16H2,1-3H3/t17-,21?,23?/m0/s1. The summed E-state index contributed by atoms with van der Waals surface area (Å²) in [6.07, 6.45) is 3.04. The highest BCUT2D eigenvalue weighted by Crippen LogP contribution is 2.55. The first-order valence-electron chi connectivity index (χ1n) is 11.2. The molecule has 0 bridgehead atoms. The summed E-state index contributed by atoms with van der Waals surface area (Å²) >= 11 is 0. The van der Waals surface area contributed by atoms with E-state index in [4.69, 9.17) is 4.74 Å². The van der Waals surface area contributed by atoms with Crippen LogP contribution in [-0.4, -0.2) is 57.8 Å². The van der Waals surface area contributed by atoms with Crippen LogP contribution in [0.25, 0.3) is 11.1 Å². The van der Waals surface area contributed by atoms with Crippen molar-refractivity contribution < 1.29 is 22.3 Å². The van der Waals surface area contributed by atoms with Gasteiger partial charge in [0.2, 0.25) is 15.9 Å². The third-order valence-electron chi connectivity index (χ3n) is 6.88. The molecule has 178 valence electrons. The van der Waals surface area contributed by atoms with Crippen molar-refractivity contribution in [2.45, 2.75) is 38.3 Å². The molecule has 2 aromatic rings. The SMILES string of the molecule is COC[C@H](C)C(=O)N1CC2(CC2)C(NS(C)(=O)=O)C1Cc1cccc(-c2ccccc2)c1F. The molecule has 1 saturated heterocycles. The van der Waals surface area contributed by atoms with Crippen LogP contribution < -0.4 is 4.72 Å². The average Bonchev–Trinajstić information content (AvgIpc) is 3.50. The number of methoxy groups -OCH3 is 1. The molecule has 0 radical (unpaired) electrons. The highest BCUT2D eigenvalue weighted by molar-refractivity contribution is 7.88. The second kappa shape index (κ2) is 9.16. The van der Waals surface area contributed by atoms with Gasteiger partial charge in [0.1, 0.15) is 5.82 Å². The Balaban J connectivity index is 1.71. The predicted octanol–water partition coefficient (Wildman–Crippen LogP) is 3.23. The maximum atomic E-state index is 15.6. The summed E-state index contributed by atoms with van der Waals surface area (Å²) in [4.78, 5) is 15.1. The molecule has 6 nitrogen and oxygen atoms in total. The molecule has 2 fully saturated rings. The van der Waals surface area contributed by atoms with Gasteiger partial charge in [-0.3, -0.25) is 4.79 Å². The lowest BCUT2D eigenvalue weighted by atomic mass is 9.91. The minimum atomic E-state index is -3.51. The number of amides is 1. The van der Waals surface area contributed by atoms with E-state index in [1.54, 1.807) is 37.1 Å². The van der Waals surface area contributed by atoms with E-state index in [0.717, 1.165) is 24.7 Å². The lowest BCUT2D eigenvalue weighted by molar-refractivity contribution is -0.137. The van der Waals surface area contributed by atoms with Crippen LogP contribution in [0.3, 0.4) is 0 Å². The van der Waals surface area contributed by atoms with E-state index in [1.807, 2.05) is 30.3 Å². The smallest absolute Gasteiger partial charge is 0.228 e. The summed E-state index contributed by atoms with van der Waals surface area (Å²) in [5.41, 5.74) is 1.44. The monoisotopic (exact) mass is 474 g/mol. The third kappa shape index (κ3) is 4.98. The highest BCUT2D eigenvalue weighted by Gasteiger charge is 2.61. The van der Waals surface area contributed by atoms with Gasteiger partial charge >= 0.3 is 0 Å². The number of hydrogen-bond acceptors (Lipinski definition) is 4. The second-order valence-corrected chi connectivity index (χ2v) is 11.2. The van der Waals surface area contributed by atoms with Gasteiger partial charge in [-0.2, -0.15) is 0 Å². The number of halogens is 1. The first-order chi connectivity index (χ1) is 15.6. The number of benzene rings is 2. The van der Waals surface area contributed by atoms with Crippen LogP contribution in [-0.2, 0) is 26.0 Å². The number of sulfonamides is 1. The van der Waals surface area contributed by atoms with Gasteiger partial charge in [0.05, 0.1) is 24.8 Å². The van der Waals surface area contributed by atoms with Gasteiger partial charge in [0, 0.05) is 30.7 Å². The van der Waals surface area contributed by atoms with Crippen molar-refractivity contribution in [3.8, 4) is 11.1 Å². The fraction of sp³-hybridized carbons (Fsp3) is 0.480. The van der Waals surface area contributed by atoms with Crippen LogP contribution >= 0.6 is 0 Å². The van der Waals surface area contributed by atoms with Crippen LogP contribution in [0.5, 0.6) is 0 Å². The normalized spacial score (nSPS) is 22.5. The fourth-order valence-corrected chi connectivity index (χ4v) is 5.95. The molecule has 3 atom stereocenters. The quantitative estimate of drug-likeness (QED) is 0.638. The van der Waals surface area contributed by atoms with Crippen LogP contribution in [0.15, 0.2) is 48.5 Å². The molecule has 1 aliphatic carbocycles. The summed E-state index contributed by atoms with van der Waals surface area (Å²) in [5, 5.41) is 0. The lowest BCUT2D eigenvalue weighted by Crippen LogP contribution is -2.50. The summed E-state index contributed by atoms with van der Waals surface area (Å²) < 4.78 is 48.0. The lowest BCUT2D eigenvalue weighted by Gasteiger charge is -2.31. The fourth-order valence-electron chi connectivity index (χ4n) is 5.08. The average molecular weight is 475 g/mol. The van der Waals surface area contributed by atoms with Crippen molar-refractivity contribution in [3.63, 3.8) is 0 Å². The van der Waals surface area contributed by atoms with Crippen LogP contribution in [0.1, 0.15) is 25.3 Å². The number of likely N-dealkylation sites (tertiary alicyclic amines) is 1. The van der Waals surface area contributed by atoms with Gasteiger partial charge in [0.25, 0.3) is 0 Å². The van der Waals surface area contributed by atoms with E-state index < -0.39 is 22.1 Å². The van der Waals surface area contributed by atoms with Gasteiger partial charge in [-0.1, -0.05) is 55.5 Å². The van der Waals surface area contributed by atoms with Gasteiger partial charge in [-0.05, 0) is 30.4 Å². The van der Waals surface area contributed by atoms with Gasteiger partial charge in [-0.25, -0.2) is 17.5 Å². The molecule has 1 saturated carbocycles. The number of carbonyl (C=O) groups is 1. The third-order valence-corrected chi connectivity index (χ3v) is 7.56. The Bertz CT molecular complexity index is 1120. The Hall–Kier alpha value is -2.29. The zero-order valence-corrected chi connectivity index (χ0v) is 20.1. The highest BCUT2D eigenvalue weighted by atomic mass is 32.2. The zero-order valence-electron chi connectivity index (χ0n) is 19.3. The molecule has 8 heteroatoms. The molecule has 1 amide bonds. The maximum absolute atomic E-state index is 15.6. The molecule has 2 aliphatic rings. The summed E-state index contributed by atoms with van der Waals surface area (Å²) in [7, 11) is -1.96. The number of nitrogens with one attached hydrogen (secondary N) is 1. The first kappa shape index (κ1) is 23.9. The van der Waals surface area contributed by atoms with E-state index in [1.165, 1.54) is 0 Å². The summed E-state index contributed by atoms with van der Waals surface area (Å²) in [6.45, 7) is 2.55. The summed E-state index contributed by atoms with van der Waals surface area (Å²) in [5.74, 6) is -0.799. The number of hydrogen-bond donors (Lipinski definition) is 1. The number of carbonyl (C=O) groups excluding carboxylic acids is 1. The molecular formula is C25H31FN2O4S. The minimum absolute atomic E-state index is 0.0921. The Morgan fingerprint density at radius 2 is 1.91 bits per heavy atom. The maximum Gasteiger partial charge on any atom is 0.228 e. The molecule has 33 heavy (non-hydrogen) atoms. The van der Waals surface area contributed by atoms with Crippen molar-refractivity contribution >= 4 is 15.9 Å². The van der Waals surface area contributed by atoms with E-state index in [0.29, 0.717) is 17.7 Å². The van der Waals surface area contributed by atoms with E-state index in [9.17, 15) is 13.2 Å². The van der Waals surface area contributed by atoms with Crippen LogP contribution in [0.2, 0.25) is 0 Å². The first-order valence-corrected chi connectivity index (χ1v) is 13.1. The molecular weight excluding hydrogens is 443 g/mol. The van der Waals surface area contributed by atoms with E-state index in [-0.39, 0.29) is 36.1 Å². The van der Waals surface area contributed by atoms with Gasteiger partial charge < -0.3 is 9.64 Å². The van der Waals surface area contributed by atoms with Crippen molar-refractivity contribution in [2.75, 3.05) is 26.5 Å². The zero-order chi connectivity index (χ0) is 23.8. The van der Waals surface area contributed by atoms with E-state index in [2.05, 4.69) is 4.72 Å². The molecule has 4 rings (SSSR count). The van der Waals surface area contributed by atoms with Crippen molar-refractivity contribution in [3.05, 3.63) is 59.9 Å². The predicted molar refractivity (Wildman–Crippen MR) is 126 cm³/mol. The number of rotatable bonds is 8. The topological polar surface area (TPSA) is 75.7 Å². The Morgan fingerprint density at radius 3 is 2.52 bits per heavy atom. The molecule has 1 heterocycles. The van der Waals surface area contributed by atoms with E-state index >= 15 is 4.39 Å². The van der Waals surface area contributed by atoms with Gasteiger partial charge in [-0.15, -0.1) is 0 Å². The Morgan fingerprint density at radius 1 is 1.21 bits per heavy atom. The molecule has 1 aliphatic heterocycles. The van der Waals surface area contributed by atoms with Crippen molar-refractivity contribution in [1.29, 1.82) is 0 Å². The molecule has 2 unspecified atom stereocenters. The minimum Gasteiger partial charge on any atom is -0.384 e. The van der Waals surface area contributed by atoms with Crippen LogP contribution in [0.4, 0.5) is 4.39 Å². The van der Waals surface area contributed by atoms with Gasteiger partial charge in [0.15, 0.2) is 0 Å². The van der Waals surface area contributed by atoms with Crippen molar-refractivity contribution in [2.24, 2.45) is 11.3 Å². The summed E-state index contributed by atoms with van der Waals surface area (Å²) in [6, 6.07) is 13.6. The van der Waals surface area contributed by atoms with Crippen LogP contribution in [0, 0.1) is 17.2 Å². The molecule has 0 aromatic heterocycles. The largest absolute Gasteiger partial charge is 0.384 e. The number of nitrogens with zero attached hydrogens (tertiary/aromatic N) is 1. The molecule has 2 aromatic carbocycles. The van der Waals surface area contributed by atoms with Crippen molar-refractivity contribution in [1.82, 2.24) is 9.62 Å². The Labute approximate surface area is 195 Å². The number of ether oxygens (including phenoxy) is 1. The Kier molecular flexibility index (Phi) is 6.62.